The Bertz CT molecular complexity index is 262. The number of nitrogens with one attached hydrogen (secondary N) is 1. The first kappa shape index (κ1) is 12.8. The first-order valence-electron chi connectivity index (χ1n) is 6.82. The molecule has 2 rings (SSSR count). The number of carbonyl (C=O) groups is 1. The van der Waals surface area contributed by atoms with E-state index < -0.39 is 0 Å². The Labute approximate surface area is 104 Å². The van der Waals surface area contributed by atoms with E-state index in [1.807, 2.05) is 0 Å². The molecule has 0 radical (unpaired) electrons. The molecule has 1 N–H and O–H groups in total. The monoisotopic (exact) mass is 240 g/mol. The van der Waals surface area contributed by atoms with Crippen LogP contribution in [0.4, 0.5) is 0 Å². The summed E-state index contributed by atoms with van der Waals surface area (Å²) in [5.74, 6) is -0.108. The van der Waals surface area contributed by atoms with Crippen LogP contribution in [0, 0.1) is 0 Å². The predicted octanol–water partition coefficient (Wildman–Crippen LogP) is 1.15. The number of methoxy groups -OCH3 is 1. The summed E-state index contributed by atoms with van der Waals surface area (Å²) in [6.45, 7) is 4.28. The molecule has 0 aromatic carbocycles. The number of esters is 1. The lowest BCUT2D eigenvalue weighted by Crippen LogP contribution is -2.42. The van der Waals surface area contributed by atoms with E-state index in [0.29, 0.717) is 6.04 Å². The molecular formula is C13H24N2O2. The molecule has 0 aromatic heterocycles. The zero-order chi connectivity index (χ0) is 12.3. The van der Waals surface area contributed by atoms with Crippen LogP contribution in [-0.4, -0.2) is 49.2 Å². The fourth-order valence-electron chi connectivity index (χ4n) is 2.28. The third kappa shape index (κ3) is 3.96. The molecule has 0 amide bonds. The quantitative estimate of drug-likeness (QED) is 0.646. The minimum Gasteiger partial charge on any atom is -0.468 e. The van der Waals surface area contributed by atoms with E-state index in [1.54, 1.807) is 0 Å². The highest BCUT2D eigenvalue weighted by Gasteiger charge is 2.31. The second-order valence-corrected chi connectivity index (χ2v) is 5.17. The van der Waals surface area contributed by atoms with Crippen LogP contribution in [0.2, 0.25) is 0 Å². The van der Waals surface area contributed by atoms with Crippen LogP contribution in [0.15, 0.2) is 0 Å². The van der Waals surface area contributed by atoms with E-state index in [-0.39, 0.29) is 12.0 Å². The van der Waals surface area contributed by atoms with Gasteiger partial charge in [-0.15, -0.1) is 0 Å². The minimum absolute atomic E-state index is 0.108. The van der Waals surface area contributed by atoms with Gasteiger partial charge in [-0.1, -0.05) is 6.92 Å². The lowest BCUT2D eigenvalue weighted by molar-refractivity contribution is -0.143. The van der Waals surface area contributed by atoms with E-state index in [0.717, 1.165) is 25.6 Å². The van der Waals surface area contributed by atoms with E-state index in [9.17, 15) is 4.79 Å². The summed E-state index contributed by atoms with van der Waals surface area (Å²) in [4.78, 5) is 14.1. The zero-order valence-electron chi connectivity index (χ0n) is 10.9. The molecule has 0 aromatic rings. The second kappa shape index (κ2) is 5.83. The first-order valence-corrected chi connectivity index (χ1v) is 6.82. The van der Waals surface area contributed by atoms with E-state index in [2.05, 4.69) is 17.1 Å². The minimum atomic E-state index is -0.111. The van der Waals surface area contributed by atoms with Crippen molar-refractivity contribution in [1.29, 1.82) is 0 Å². The molecule has 1 atom stereocenters. The second-order valence-electron chi connectivity index (χ2n) is 5.17. The Morgan fingerprint density at radius 2 is 2.12 bits per heavy atom. The number of nitrogens with zero attached hydrogens (tertiary/aromatic N) is 1. The maximum absolute atomic E-state index is 11.7. The predicted molar refractivity (Wildman–Crippen MR) is 66.8 cm³/mol. The van der Waals surface area contributed by atoms with Crippen LogP contribution in [0.5, 0.6) is 0 Å². The van der Waals surface area contributed by atoms with E-state index >= 15 is 0 Å². The number of ether oxygens (including phenoxy) is 1. The normalized spacial score (nSPS) is 21.6. The maximum atomic E-state index is 11.7. The summed E-state index contributed by atoms with van der Waals surface area (Å²) in [7, 11) is 1.47. The summed E-state index contributed by atoms with van der Waals surface area (Å²) in [5.41, 5.74) is 0. The van der Waals surface area contributed by atoms with Crippen molar-refractivity contribution in [1.82, 2.24) is 10.2 Å². The van der Waals surface area contributed by atoms with Gasteiger partial charge in [-0.3, -0.25) is 4.79 Å². The highest BCUT2D eigenvalue weighted by atomic mass is 16.5. The number of rotatable bonds is 8. The van der Waals surface area contributed by atoms with Crippen molar-refractivity contribution in [2.75, 3.05) is 20.2 Å². The molecule has 0 aliphatic heterocycles. The largest absolute Gasteiger partial charge is 0.468 e. The van der Waals surface area contributed by atoms with Crippen LogP contribution >= 0.6 is 0 Å². The Balaban J connectivity index is 1.76. The molecule has 0 heterocycles. The zero-order valence-corrected chi connectivity index (χ0v) is 10.9. The summed E-state index contributed by atoms with van der Waals surface area (Å²) in [6.07, 6.45) is 5.92. The van der Waals surface area contributed by atoms with Crippen LogP contribution in [0.3, 0.4) is 0 Å². The van der Waals surface area contributed by atoms with Crippen molar-refractivity contribution in [3.63, 3.8) is 0 Å². The molecule has 0 spiro atoms. The standard InChI is InChI=1S/C13H24N2O2/c1-3-15(11-6-7-11)9-8-12(13(16)17-2)14-10-4-5-10/h10-12,14H,3-9H2,1-2H3. The van der Waals surface area contributed by atoms with Gasteiger partial charge in [0.15, 0.2) is 0 Å². The molecule has 2 fully saturated rings. The van der Waals surface area contributed by atoms with Crippen molar-refractivity contribution in [2.24, 2.45) is 0 Å². The van der Waals surface area contributed by atoms with Crippen LogP contribution in [0.1, 0.15) is 39.0 Å². The molecule has 0 bridgehead atoms. The Hall–Kier alpha value is -0.610. The lowest BCUT2D eigenvalue weighted by atomic mass is 10.2. The molecule has 98 valence electrons. The van der Waals surface area contributed by atoms with Gasteiger partial charge in [-0.25, -0.2) is 0 Å². The third-order valence-electron chi connectivity index (χ3n) is 3.67. The topological polar surface area (TPSA) is 41.6 Å². The van der Waals surface area contributed by atoms with Gasteiger partial charge in [-0.05, 0) is 38.6 Å². The molecule has 1 unspecified atom stereocenters. The number of carbonyl (C=O) groups excluding carboxylic acids is 1. The van der Waals surface area contributed by atoms with Crippen LogP contribution < -0.4 is 5.32 Å². The van der Waals surface area contributed by atoms with Crippen LogP contribution in [0.25, 0.3) is 0 Å². The first-order chi connectivity index (χ1) is 8.24. The molecular weight excluding hydrogens is 216 g/mol. The summed E-state index contributed by atoms with van der Waals surface area (Å²) < 4.78 is 4.86. The molecule has 4 heteroatoms. The molecule has 2 saturated carbocycles. The van der Waals surface area contributed by atoms with Crippen molar-refractivity contribution >= 4 is 5.97 Å². The average Bonchev–Trinajstić information content (AvgIpc) is 3.19. The van der Waals surface area contributed by atoms with E-state index in [4.69, 9.17) is 4.74 Å². The molecule has 0 saturated heterocycles. The van der Waals surface area contributed by atoms with Gasteiger partial charge in [0.25, 0.3) is 0 Å². The summed E-state index contributed by atoms with van der Waals surface area (Å²) >= 11 is 0. The fraction of sp³-hybridized carbons (Fsp3) is 0.923. The third-order valence-corrected chi connectivity index (χ3v) is 3.67. The fourth-order valence-corrected chi connectivity index (χ4v) is 2.28. The molecule has 2 aliphatic rings. The maximum Gasteiger partial charge on any atom is 0.322 e. The van der Waals surface area contributed by atoms with Crippen molar-refractivity contribution in [2.45, 2.75) is 57.2 Å². The molecule has 17 heavy (non-hydrogen) atoms. The average molecular weight is 240 g/mol. The summed E-state index contributed by atoms with van der Waals surface area (Å²) in [5, 5.41) is 3.38. The van der Waals surface area contributed by atoms with Gasteiger partial charge in [-0.2, -0.15) is 0 Å². The molecule has 4 nitrogen and oxygen atoms in total. The lowest BCUT2D eigenvalue weighted by Gasteiger charge is -2.23. The van der Waals surface area contributed by atoms with Crippen molar-refractivity contribution in [3.8, 4) is 0 Å². The highest BCUT2D eigenvalue weighted by molar-refractivity contribution is 5.75. The Kier molecular flexibility index (Phi) is 4.40. The van der Waals surface area contributed by atoms with E-state index in [1.165, 1.54) is 32.8 Å². The van der Waals surface area contributed by atoms with Gasteiger partial charge >= 0.3 is 5.97 Å². The number of hydrogen-bond donors (Lipinski definition) is 1. The van der Waals surface area contributed by atoms with Gasteiger partial charge < -0.3 is 15.0 Å². The molecule has 2 aliphatic carbocycles. The van der Waals surface area contributed by atoms with Crippen molar-refractivity contribution in [3.05, 3.63) is 0 Å². The SMILES string of the molecule is CCN(CCC(NC1CC1)C(=O)OC)C1CC1. The van der Waals surface area contributed by atoms with Gasteiger partial charge in [0.1, 0.15) is 6.04 Å². The Morgan fingerprint density at radius 3 is 2.59 bits per heavy atom. The highest BCUT2D eigenvalue weighted by Crippen LogP contribution is 2.27. The van der Waals surface area contributed by atoms with Crippen molar-refractivity contribution < 1.29 is 9.53 Å². The summed E-state index contributed by atoms with van der Waals surface area (Å²) in [6, 6.07) is 1.22. The van der Waals surface area contributed by atoms with Gasteiger partial charge in [0.2, 0.25) is 0 Å². The Morgan fingerprint density at radius 1 is 1.41 bits per heavy atom. The van der Waals surface area contributed by atoms with Gasteiger partial charge in [0, 0.05) is 18.6 Å². The number of hydrogen-bond acceptors (Lipinski definition) is 4. The van der Waals surface area contributed by atoms with Crippen LogP contribution in [-0.2, 0) is 9.53 Å². The van der Waals surface area contributed by atoms with Gasteiger partial charge in [0.05, 0.1) is 7.11 Å². The smallest absolute Gasteiger partial charge is 0.322 e.